The third-order valence-corrected chi connectivity index (χ3v) is 4.11. The zero-order valence-corrected chi connectivity index (χ0v) is 12.9. The van der Waals surface area contributed by atoms with Crippen molar-refractivity contribution in [2.24, 2.45) is 0 Å². The van der Waals surface area contributed by atoms with E-state index in [0.29, 0.717) is 11.1 Å². The SMILES string of the molecule is N#Cc1cccc(C(=O)N[C@H]2CCN(Cc3ccccc3)C2)c1. The van der Waals surface area contributed by atoms with E-state index in [4.69, 9.17) is 5.26 Å². The van der Waals surface area contributed by atoms with Gasteiger partial charge in [-0.15, -0.1) is 0 Å². The summed E-state index contributed by atoms with van der Waals surface area (Å²) in [6.45, 7) is 2.76. The minimum Gasteiger partial charge on any atom is -0.348 e. The van der Waals surface area contributed by atoms with Crippen molar-refractivity contribution in [1.29, 1.82) is 5.26 Å². The van der Waals surface area contributed by atoms with Crippen LogP contribution in [-0.4, -0.2) is 29.9 Å². The molecule has 1 N–H and O–H groups in total. The molecule has 2 aromatic rings. The number of nitrogens with one attached hydrogen (secondary N) is 1. The molecule has 2 aromatic carbocycles. The first-order chi connectivity index (χ1) is 11.2. The second kappa shape index (κ2) is 7.08. The van der Waals surface area contributed by atoms with Crippen molar-refractivity contribution in [3.63, 3.8) is 0 Å². The van der Waals surface area contributed by atoms with Crippen LogP contribution in [0.5, 0.6) is 0 Å². The molecule has 1 atom stereocenters. The molecule has 1 aliphatic heterocycles. The molecule has 0 unspecified atom stereocenters. The van der Waals surface area contributed by atoms with Gasteiger partial charge >= 0.3 is 0 Å². The average Bonchev–Trinajstić information content (AvgIpc) is 3.02. The predicted molar refractivity (Wildman–Crippen MR) is 88.7 cm³/mol. The monoisotopic (exact) mass is 305 g/mol. The summed E-state index contributed by atoms with van der Waals surface area (Å²) in [5, 5.41) is 12.0. The van der Waals surface area contributed by atoms with Crippen LogP contribution < -0.4 is 5.32 Å². The van der Waals surface area contributed by atoms with Crippen molar-refractivity contribution in [3.05, 3.63) is 71.3 Å². The molecule has 1 aliphatic rings. The summed E-state index contributed by atoms with van der Waals surface area (Å²) in [6, 6.07) is 19.4. The molecule has 4 heteroatoms. The van der Waals surface area contributed by atoms with Crippen LogP contribution in [0.4, 0.5) is 0 Å². The first kappa shape index (κ1) is 15.3. The van der Waals surface area contributed by atoms with Gasteiger partial charge in [-0.3, -0.25) is 9.69 Å². The number of amides is 1. The van der Waals surface area contributed by atoms with Gasteiger partial charge in [-0.25, -0.2) is 0 Å². The normalized spacial score (nSPS) is 17.6. The summed E-state index contributed by atoms with van der Waals surface area (Å²) in [5.41, 5.74) is 2.35. The van der Waals surface area contributed by atoms with Gasteiger partial charge in [0.2, 0.25) is 0 Å². The van der Waals surface area contributed by atoms with Crippen molar-refractivity contribution in [2.45, 2.75) is 19.0 Å². The molecule has 4 nitrogen and oxygen atoms in total. The standard InChI is InChI=1S/C19H19N3O/c20-12-16-7-4-8-17(11-16)19(23)21-18-9-10-22(14-18)13-15-5-2-1-3-6-15/h1-8,11,18H,9-10,13-14H2,(H,21,23)/t18-/m0/s1. The Bertz CT molecular complexity index is 721. The molecular formula is C19H19N3O. The molecule has 1 fully saturated rings. The highest BCUT2D eigenvalue weighted by atomic mass is 16.1. The minimum atomic E-state index is -0.103. The Kier molecular flexibility index (Phi) is 4.70. The number of likely N-dealkylation sites (tertiary alicyclic amines) is 1. The lowest BCUT2D eigenvalue weighted by Gasteiger charge is -2.17. The van der Waals surface area contributed by atoms with E-state index in [1.54, 1.807) is 24.3 Å². The molecule has 3 rings (SSSR count). The Morgan fingerprint density at radius 3 is 2.83 bits per heavy atom. The van der Waals surface area contributed by atoms with Crippen LogP contribution in [0, 0.1) is 11.3 Å². The van der Waals surface area contributed by atoms with Gasteiger partial charge in [0.1, 0.15) is 0 Å². The predicted octanol–water partition coefficient (Wildman–Crippen LogP) is 2.56. The molecule has 1 heterocycles. The lowest BCUT2D eigenvalue weighted by atomic mass is 10.1. The lowest BCUT2D eigenvalue weighted by Crippen LogP contribution is -2.37. The number of hydrogen-bond donors (Lipinski definition) is 1. The van der Waals surface area contributed by atoms with E-state index in [1.165, 1.54) is 5.56 Å². The summed E-state index contributed by atoms with van der Waals surface area (Å²) in [5.74, 6) is -0.103. The Hall–Kier alpha value is -2.64. The second-order valence-corrected chi connectivity index (χ2v) is 5.87. The number of rotatable bonds is 4. The first-order valence-corrected chi connectivity index (χ1v) is 7.82. The molecule has 1 amide bonds. The lowest BCUT2D eigenvalue weighted by molar-refractivity contribution is 0.0937. The number of carbonyl (C=O) groups is 1. The number of nitriles is 1. The van der Waals surface area contributed by atoms with Crippen molar-refractivity contribution < 1.29 is 4.79 Å². The third-order valence-electron chi connectivity index (χ3n) is 4.11. The van der Waals surface area contributed by atoms with E-state index in [9.17, 15) is 4.79 Å². The Morgan fingerprint density at radius 2 is 2.04 bits per heavy atom. The fourth-order valence-corrected chi connectivity index (χ4v) is 2.93. The maximum absolute atomic E-state index is 12.3. The molecule has 0 spiro atoms. The molecule has 0 saturated carbocycles. The smallest absolute Gasteiger partial charge is 0.251 e. The van der Waals surface area contributed by atoms with Gasteiger partial charge in [0.25, 0.3) is 5.91 Å². The second-order valence-electron chi connectivity index (χ2n) is 5.87. The zero-order chi connectivity index (χ0) is 16.1. The summed E-state index contributed by atoms with van der Waals surface area (Å²) in [4.78, 5) is 14.6. The summed E-state index contributed by atoms with van der Waals surface area (Å²) in [7, 11) is 0. The maximum Gasteiger partial charge on any atom is 0.251 e. The summed E-state index contributed by atoms with van der Waals surface area (Å²) >= 11 is 0. The molecule has 0 radical (unpaired) electrons. The molecule has 0 aromatic heterocycles. The van der Waals surface area contributed by atoms with Gasteiger partial charge in [0.15, 0.2) is 0 Å². The van der Waals surface area contributed by atoms with Gasteiger partial charge in [-0.05, 0) is 30.2 Å². The van der Waals surface area contributed by atoms with Crippen molar-refractivity contribution in [2.75, 3.05) is 13.1 Å². The van der Waals surface area contributed by atoms with Crippen LogP contribution in [0.25, 0.3) is 0 Å². The van der Waals surface area contributed by atoms with Crippen LogP contribution in [0.1, 0.15) is 27.9 Å². The highest BCUT2D eigenvalue weighted by Gasteiger charge is 2.24. The van der Waals surface area contributed by atoms with Crippen molar-refractivity contribution >= 4 is 5.91 Å². The van der Waals surface area contributed by atoms with Crippen LogP contribution in [-0.2, 0) is 6.54 Å². The highest BCUT2D eigenvalue weighted by molar-refractivity contribution is 5.94. The van der Waals surface area contributed by atoms with E-state index in [0.717, 1.165) is 26.1 Å². The van der Waals surface area contributed by atoms with E-state index >= 15 is 0 Å². The zero-order valence-electron chi connectivity index (χ0n) is 12.9. The minimum absolute atomic E-state index is 0.103. The van der Waals surface area contributed by atoms with E-state index in [1.807, 2.05) is 18.2 Å². The fourth-order valence-electron chi connectivity index (χ4n) is 2.93. The van der Waals surface area contributed by atoms with Gasteiger partial charge in [0.05, 0.1) is 11.6 Å². The van der Waals surface area contributed by atoms with Gasteiger partial charge in [-0.2, -0.15) is 5.26 Å². The topological polar surface area (TPSA) is 56.1 Å². The summed E-state index contributed by atoms with van der Waals surface area (Å²) < 4.78 is 0. The number of nitrogens with zero attached hydrogens (tertiary/aromatic N) is 2. The van der Waals surface area contributed by atoms with E-state index < -0.39 is 0 Å². The largest absolute Gasteiger partial charge is 0.348 e. The third kappa shape index (κ3) is 3.97. The van der Waals surface area contributed by atoms with Crippen LogP contribution in [0.15, 0.2) is 54.6 Å². The Balaban J connectivity index is 1.55. The molecular weight excluding hydrogens is 286 g/mol. The Morgan fingerprint density at radius 1 is 1.22 bits per heavy atom. The average molecular weight is 305 g/mol. The number of benzene rings is 2. The molecule has 23 heavy (non-hydrogen) atoms. The summed E-state index contributed by atoms with van der Waals surface area (Å²) in [6.07, 6.45) is 0.955. The molecule has 1 saturated heterocycles. The van der Waals surface area contributed by atoms with Crippen LogP contribution in [0.2, 0.25) is 0 Å². The maximum atomic E-state index is 12.3. The van der Waals surface area contributed by atoms with E-state index in [2.05, 4.69) is 28.4 Å². The Labute approximate surface area is 136 Å². The van der Waals surface area contributed by atoms with Gasteiger partial charge in [0, 0.05) is 31.2 Å². The quantitative estimate of drug-likeness (QED) is 0.944. The molecule has 0 aliphatic carbocycles. The van der Waals surface area contributed by atoms with Crippen LogP contribution >= 0.6 is 0 Å². The van der Waals surface area contributed by atoms with Gasteiger partial charge in [-0.1, -0.05) is 36.4 Å². The van der Waals surface area contributed by atoms with E-state index in [-0.39, 0.29) is 11.9 Å². The number of carbonyl (C=O) groups excluding carboxylic acids is 1. The van der Waals surface area contributed by atoms with Crippen LogP contribution in [0.3, 0.4) is 0 Å². The van der Waals surface area contributed by atoms with Gasteiger partial charge < -0.3 is 5.32 Å². The highest BCUT2D eigenvalue weighted by Crippen LogP contribution is 2.14. The first-order valence-electron chi connectivity index (χ1n) is 7.82. The van der Waals surface area contributed by atoms with Crippen molar-refractivity contribution in [1.82, 2.24) is 10.2 Å². The number of hydrogen-bond acceptors (Lipinski definition) is 3. The van der Waals surface area contributed by atoms with Crippen molar-refractivity contribution in [3.8, 4) is 6.07 Å². The fraction of sp³-hybridized carbons (Fsp3) is 0.263. The molecule has 116 valence electrons. The molecule has 0 bridgehead atoms.